The number of H-pyrrole nitrogens is 2. The second kappa shape index (κ2) is 17.3. The summed E-state index contributed by atoms with van der Waals surface area (Å²) >= 11 is 0. The molecule has 17 heteroatoms. The lowest BCUT2D eigenvalue weighted by Crippen LogP contribution is -2.50. The summed E-state index contributed by atoms with van der Waals surface area (Å²) in [7, 11) is 2.68. The molecule has 4 atom stereocenters. The van der Waals surface area contributed by atoms with E-state index in [2.05, 4.69) is 42.2 Å². The minimum Gasteiger partial charge on any atom is -0.453 e. The summed E-state index contributed by atoms with van der Waals surface area (Å²) in [4.78, 5) is 81.3. The van der Waals surface area contributed by atoms with Gasteiger partial charge in [0.15, 0.2) is 0 Å². The number of ether oxygens (including phenoxy) is 2. The molecular weight excluding hydrogens is 708 g/mol. The Bertz CT molecular complexity index is 2120. The highest BCUT2D eigenvalue weighted by atomic mass is 16.5. The molecule has 288 valence electrons. The molecule has 2 aromatic heterocycles. The van der Waals surface area contributed by atoms with Gasteiger partial charge in [-0.15, -0.1) is 0 Å². The Balaban J connectivity index is 1.12. The number of imidazole rings is 2. The van der Waals surface area contributed by atoms with E-state index in [1.807, 2.05) is 42.5 Å². The number of alkyl carbamates (subject to hydrolysis) is 1. The van der Waals surface area contributed by atoms with Crippen molar-refractivity contribution in [2.24, 2.45) is 11.5 Å². The van der Waals surface area contributed by atoms with E-state index in [0.29, 0.717) is 31.2 Å². The van der Waals surface area contributed by atoms with Crippen LogP contribution in [0.2, 0.25) is 0 Å². The fraction of sp³-hybridized carbons (Fsp3) is 0.395. The average molecular weight is 753 g/mol. The number of nitrogens with two attached hydrogens (primary N) is 2. The summed E-state index contributed by atoms with van der Waals surface area (Å²) < 4.78 is 9.67. The van der Waals surface area contributed by atoms with Crippen molar-refractivity contribution >= 4 is 40.8 Å². The largest absolute Gasteiger partial charge is 0.453 e. The van der Waals surface area contributed by atoms with Gasteiger partial charge in [0.2, 0.25) is 23.6 Å². The average Bonchev–Trinajstić information content (AvgIpc) is 4.00. The first-order valence-electron chi connectivity index (χ1n) is 18.0. The van der Waals surface area contributed by atoms with Crippen molar-refractivity contribution in [2.75, 3.05) is 34.0 Å². The molecule has 4 unspecified atom stereocenters. The lowest BCUT2D eigenvalue weighted by Gasteiger charge is -2.28. The first-order valence-corrected chi connectivity index (χ1v) is 18.0. The molecule has 0 saturated carbocycles. The summed E-state index contributed by atoms with van der Waals surface area (Å²) in [5.74, 6) is 5.73. The van der Waals surface area contributed by atoms with Gasteiger partial charge >= 0.3 is 6.09 Å². The molecule has 2 saturated heterocycles. The van der Waals surface area contributed by atoms with Crippen molar-refractivity contribution in [3.05, 3.63) is 71.4 Å². The van der Waals surface area contributed by atoms with Crippen LogP contribution in [0.1, 0.15) is 73.4 Å². The van der Waals surface area contributed by atoms with E-state index in [1.54, 1.807) is 16.0 Å². The normalized spacial score (nSPS) is 17.7. The number of nitrogens with zero attached hydrogens (tertiary/aromatic N) is 4. The van der Waals surface area contributed by atoms with E-state index < -0.39 is 35.9 Å². The molecule has 0 radical (unpaired) electrons. The Labute approximate surface area is 316 Å². The zero-order valence-corrected chi connectivity index (χ0v) is 30.6. The molecule has 4 heterocycles. The van der Waals surface area contributed by atoms with E-state index in [-0.39, 0.29) is 37.6 Å². The number of nitrogens with one attached hydrogen (secondary N) is 4. The van der Waals surface area contributed by atoms with Crippen molar-refractivity contribution in [3.63, 3.8) is 0 Å². The van der Waals surface area contributed by atoms with Gasteiger partial charge in [0.25, 0.3) is 0 Å². The number of carbonyl (C=O) groups is 5. The minimum absolute atomic E-state index is 0.111. The molecule has 2 fully saturated rings. The number of likely N-dealkylation sites (tertiary alicyclic amines) is 2. The van der Waals surface area contributed by atoms with Gasteiger partial charge in [0, 0.05) is 31.3 Å². The predicted molar refractivity (Wildman–Crippen MR) is 199 cm³/mol. The van der Waals surface area contributed by atoms with E-state index in [1.165, 1.54) is 14.2 Å². The molecular formula is C38H44N10O7. The summed E-state index contributed by atoms with van der Waals surface area (Å²) in [5, 5.41) is 5.36. The van der Waals surface area contributed by atoms with Crippen molar-refractivity contribution < 1.29 is 33.4 Å². The van der Waals surface area contributed by atoms with Crippen LogP contribution in [-0.2, 0) is 28.7 Å². The molecule has 2 aliphatic rings. The maximum Gasteiger partial charge on any atom is 0.407 e. The van der Waals surface area contributed by atoms with Crippen LogP contribution in [0.15, 0.2) is 48.7 Å². The van der Waals surface area contributed by atoms with Crippen molar-refractivity contribution in [2.45, 2.75) is 62.7 Å². The number of aromatic nitrogens is 4. The van der Waals surface area contributed by atoms with Gasteiger partial charge in [-0.1, -0.05) is 24.0 Å². The van der Waals surface area contributed by atoms with E-state index in [0.717, 1.165) is 52.7 Å². The van der Waals surface area contributed by atoms with Crippen molar-refractivity contribution in [3.8, 4) is 23.1 Å². The molecule has 6 rings (SSSR count). The summed E-state index contributed by atoms with van der Waals surface area (Å²) in [6, 6.07) is 10.8. The Morgan fingerprint density at radius 1 is 0.855 bits per heavy atom. The molecule has 2 aromatic carbocycles. The fourth-order valence-corrected chi connectivity index (χ4v) is 7.06. The fourth-order valence-electron chi connectivity index (χ4n) is 7.06. The lowest BCUT2D eigenvalue weighted by atomic mass is 10.1. The number of carbonyl (C=O) groups excluding carboxylic acids is 5. The van der Waals surface area contributed by atoms with Gasteiger partial charge in [-0.05, 0) is 61.6 Å². The molecule has 5 amide bonds. The molecule has 8 N–H and O–H groups in total. The second-order valence-corrected chi connectivity index (χ2v) is 13.5. The summed E-state index contributed by atoms with van der Waals surface area (Å²) in [6.45, 7) is 1.09. The van der Waals surface area contributed by atoms with Gasteiger partial charge in [0.05, 0.1) is 67.7 Å². The van der Waals surface area contributed by atoms with E-state index in [9.17, 15) is 24.0 Å². The first kappa shape index (κ1) is 38.5. The van der Waals surface area contributed by atoms with Crippen LogP contribution in [0.25, 0.3) is 22.3 Å². The number of aromatic amines is 2. The minimum atomic E-state index is -1.15. The Morgan fingerprint density at radius 3 is 2.13 bits per heavy atom. The second-order valence-electron chi connectivity index (χ2n) is 13.5. The van der Waals surface area contributed by atoms with Crippen LogP contribution in [0.4, 0.5) is 4.79 Å². The summed E-state index contributed by atoms with van der Waals surface area (Å²) in [6.07, 6.45) is 3.31. The SMILES string of the molecule is COCNC(CC(N)=O)C(=O)N1CCCC1c1nc2ccc(C#Cc3ccc(-c4cnc(C5CCCN5C(=O)C(CC(N)=O)NC(=O)OC)[nH]4)cc3)cc2[nH]1. The number of fused-ring (bicyclic) bond motifs is 1. The third kappa shape index (κ3) is 9.11. The maximum atomic E-state index is 13.4. The highest BCUT2D eigenvalue weighted by Crippen LogP contribution is 2.34. The third-order valence-electron chi connectivity index (χ3n) is 9.70. The van der Waals surface area contributed by atoms with E-state index >= 15 is 0 Å². The molecule has 17 nitrogen and oxygen atoms in total. The number of hydrogen-bond donors (Lipinski definition) is 6. The number of methoxy groups -OCH3 is 2. The number of benzene rings is 2. The zero-order valence-electron chi connectivity index (χ0n) is 30.6. The van der Waals surface area contributed by atoms with Gasteiger partial charge in [-0.2, -0.15) is 0 Å². The number of primary amides is 2. The van der Waals surface area contributed by atoms with Crippen molar-refractivity contribution in [1.82, 2.24) is 40.4 Å². The number of amides is 5. The van der Waals surface area contributed by atoms with Crippen LogP contribution < -0.4 is 22.1 Å². The lowest BCUT2D eigenvalue weighted by molar-refractivity contribution is -0.137. The first-order chi connectivity index (χ1) is 26.5. The van der Waals surface area contributed by atoms with Crippen molar-refractivity contribution in [1.29, 1.82) is 0 Å². The van der Waals surface area contributed by atoms with Gasteiger partial charge in [-0.25, -0.2) is 14.8 Å². The maximum absolute atomic E-state index is 13.4. The van der Waals surface area contributed by atoms with Crippen LogP contribution in [-0.4, -0.2) is 106 Å². The van der Waals surface area contributed by atoms with Crippen LogP contribution in [0.3, 0.4) is 0 Å². The summed E-state index contributed by atoms with van der Waals surface area (Å²) in [5.41, 5.74) is 15.5. The molecule has 0 aliphatic carbocycles. The van der Waals surface area contributed by atoms with E-state index in [4.69, 9.17) is 21.2 Å². The molecule has 2 aliphatic heterocycles. The topological polar surface area (TPSA) is 244 Å². The molecule has 0 spiro atoms. The van der Waals surface area contributed by atoms with Crippen LogP contribution >= 0.6 is 0 Å². The molecule has 55 heavy (non-hydrogen) atoms. The smallest absolute Gasteiger partial charge is 0.407 e. The zero-order chi connectivity index (χ0) is 39.1. The Morgan fingerprint density at radius 2 is 1.47 bits per heavy atom. The quantitative estimate of drug-likeness (QED) is 0.0853. The highest BCUT2D eigenvalue weighted by molar-refractivity contribution is 5.91. The standard InChI is InChI=1S/C38H44N10O7/c1-54-21-42-27(18-32(39)49)36(51)48-16-4-6-31(48)35-43-25-14-11-23(17-26(25)44-35)8-7-22-9-12-24(13-10-22)29-20-41-34(45-29)30-5-3-15-47(30)37(52)28(19-33(40)50)46-38(53)55-2/h9-14,17,20,27-28,30-31,42H,3-6,15-16,18-19,21H2,1-2H3,(H2,39,49)(H2,40,50)(H,41,45)(H,43,44)(H,46,53). The Hall–Kier alpha value is -6.25. The van der Waals surface area contributed by atoms with Gasteiger partial charge in [-0.3, -0.25) is 24.5 Å². The molecule has 4 aromatic rings. The van der Waals surface area contributed by atoms with Crippen LogP contribution in [0, 0.1) is 11.8 Å². The van der Waals surface area contributed by atoms with Gasteiger partial charge in [0.1, 0.15) is 17.7 Å². The molecule has 0 bridgehead atoms. The monoisotopic (exact) mass is 752 g/mol. The van der Waals surface area contributed by atoms with Gasteiger partial charge < -0.3 is 46.0 Å². The Kier molecular flexibility index (Phi) is 12.1. The highest BCUT2D eigenvalue weighted by Gasteiger charge is 2.38. The third-order valence-corrected chi connectivity index (χ3v) is 9.70. The number of rotatable bonds is 13. The van der Waals surface area contributed by atoms with Crippen LogP contribution in [0.5, 0.6) is 0 Å². The number of hydrogen-bond acceptors (Lipinski definition) is 10. The predicted octanol–water partition coefficient (Wildman–Crippen LogP) is 1.72.